The molecule has 2 aromatic heterocycles. The van der Waals surface area contributed by atoms with E-state index < -0.39 is 6.10 Å². The van der Waals surface area contributed by atoms with Crippen molar-refractivity contribution in [1.82, 2.24) is 10.3 Å². The van der Waals surface area contributed by atoms with Crippen LogP contribution in [0.15, 0.2) is 41.3 Å². The molecule has 0 fully saturated rings. The Morgan fingerprint density at radius 3 is 3.10 bits per heavy atom. The van der Waals surface area contributed by atoms with E-state index in [9.17, 15) is 5.11 Å². The number of aryl methyl sites for hydroxylation is 1. The van der Waals surface area contributed by atoms with Crippen LogP contribution >= 0.6 is 0 Å². The van der Waals surface area contributed by atoms with E-state index >= 15 is 0 Å². The quantitative estimate of drug-likeness (QED) is 0.767. The average Bonchev–Trinajstić information content (AvgIpc) is 2.94. The van der Waals surface area contributed by atoms with Crippen molar-refractivity contribution in [1.29, 1.82) is 0 Å². The van der Waals surface area contributed by atoms with Crippen LogP contribution in [0, 0.1) is 6.92 Å². The summed E-state index contributed by atoms with van der Waals surface area (Å²) in [5, 5.41) is 13.0. The van der Waals surface area contributed by atoms with E-state index in [0.717, 1.165) is 11.3 Å². The third-order valence-electron chi connectivity index (χ3n) is 2.98. The largest absolute Gasteiger partial charge is 0.467 e. The second-order valence-corrected chi connectivity index (χ2v) is 4.68. The fourth-order valence-corrected chi connectivity index (χ4v) is 1.80. The minimum Gasteiger partial charge on any atom is -0.467 e. The Morgan fingerprint density at radius 2 is 2.35 bits per heavy atom. The van der Waals surface area contributed by atoms with E-state index in [4.69, 9.17) is 9.15 Å². The minimum absolute atomic E-state index is 0.278. The standard InChI is InChI=1S/C15H20N2O3/c1-12-4-5-16-7-13(12)8-17-9-14(18)10-19-11-15-3-2-6-20-15/h2-7,14,17-18H,8-11H2,1H3. The first kappa shape index (κ1) is 14.7. The lowest BCUT2D eigenvalue weighted by molar-refractivity contribution is 0.0225. The highest BCUT2D eigenvalue weighted by Gasteiger charge is 2.05. The maximum Gasteiger partial charge on any atom is 0.129 e. The van der Waals surface area contributed by atoms with Gasteiger partial charge in [-0.05, 0) is 36.2 Å². The molecule has 5 heteroatoms. The van der Waals surface area contributed by atoms with Crippen LogP contribution in [0.1, 0.15) is 16.9 Å². The van der Waals surface area contributed by atoms with Crippen LogP contribution in [0.2, 0.25) is 0 Å². The summed E-state index contributed by atoms with van der Waals surface area (Å²) in [6.07, 6.45) is 4.67. The maximum atomic E-state index is 9.79. The number of ether oxygens (including phenoxy) is 1. The van der Waals surface area contributed by atoms with Gasteiger partial charge in [0.2, 0.25) is 0 Å². The van der Waals surface area contributed by atoms with Gasteiger partial charge >= 0.3 is 0 Å². The van der Waals surface area contributed by atoms with Crippen LogP contribution in [0.25, 0.3) is 0 Å². The Labute approximate surface area is 118 Å². The van der Waals surface area contributed by atoms with Gasteiger partial charge in [0.15, 0.2) is 0 Å². The topological polar surface area (TPSA) is 67.5 Å². The molecule has 0 aliphatic carbocycles. The second kappa shape index (κ2) is 7.79. The van der Waals surface area contributed by atoms with Crippen molar-refractivity contribution in [2.45, 2.75) is 26.2 Å². The molecular weight excluding hydrogens is 256 g/mol. The summed E-state index contributed by atoms with van der Waals surface area (Å²) >= 11 is 0. The Hall–Kier alpha value is -1.69. The van der Waals surface area contributed by atoms with E-state index in [2.05, 4.69) is 10.3 Å². The van der Waals surface area contributed by atoms with Crippen molar-refractivity contribution in [2.75, 3.05) is 13.2 Å². The first-order valence-corrected chi connectivity index (χ1v) is 6.64. The summed E-state index contributed by atoms with van der Waals surface area (Å²) < 4.78 is 10.5. The summed E-state index contributed by atoms with van der Waals surface area (Å²) in [5.41, 5.74) is 2.33. The molecule has 0 radical (unpaired) electrons. The lowest BCUT2D eigenvalue weighted by Gasteiger charge is -2.12. The van der Waals surface area contributed by atoms with Crippen LogP contribution in [-0.4, -0.2) is 29.3 Å². The summed E-state index contributed by atoms with van der Waals surface area (Å²) in [6, 6.07) is 5.63. The first-order valence-electron chi connectivity index (χ1n) is 6.64. The van der Waals surface area contributed by atoms with Crippen molar-refractivity contribution in [3.8, 4) is 0 Å². The molecule has 0 aliphatic heterocycles. The van der Waals surface area contributed by atoms with Gasteiger partial charge in [-0.1, -0.05) is 0 Å². The Bertz CT molecular complexity index is 500. The lowest BCUT2D eigenvalue weighted by atomic mass is 10.1. The summed E-state index contributed by atoms with van der Waals surface area (Å²) in [4.78, 5) is 4.08. The number of furan rings is 1. The zero-order valence-corrected chi connectivity index (χ0v) is 11.6. The normalized spacial score (nSPS) is 12.5. The van der Waals surface area contributed by atoms with Gasteiger partial charge in [-0.15, -0.1) is 0 Å². The van der Waals surface area contributed by atoms with E-state index in [1.165, 1.54) is 5.56 Å². The van der Waals surface area contributed by atoms with Gasteiger partial charge in [-0.2, -0.15) is 0 Å². The fourth-order valence-electron chi connectivity index (χ4n) is 1.80. The SMILES string of the molecule is Cc1ccncc1CNCC(O)COCc1ccco1. The lowest BCUT2D eigenvalue weighted by Crippen LogP contribution is -2.30. The van der Waals surface area contributed by atoms with Gasteiger partial charge in [0.1, 0.15) is 12.4 Å². The predicted octanol–water partition coefficient (Wildman–Crippen LogP) is 1.65. The molecule has 2 heterocycles. The van der Waals surface area contributed by atoms with Gasteiger partial charge in [0, 0.05) is 25.5 Å². The van der Waals surface area contributed by atoms with E-state index in [1.807, 2.05) is 31.3 Å². The number of pyridine rings is 1. The highest BCUT2D eigenvalue weighted by Crippen LogP contribution is 2.04. The number of nitrogens with one attached hydrogen (secondary N) is 1. The molecule has 0 aliphatic rings. The maximum absolute atomic E-state index is 9.79. The van der Waals surface area contributed by atoms with Crippen molar-refractivity contribution < 1.29 is 14.3 Å². The molecule has 0 saturated carbocycles. The first-order chi connectivity index (χ1) is 9.75. The summed E-state index contributed by atoms with van der Waals surface area (Å²) in [6.45, 7) is 3.87. The van der Waals surface area contributed by atoms with Gasteiger partial charge < -0.3 is 19.6 Å². The zero-order chi connectivity index (χ0) is 14.2. The number of hydrogen-bond donors (Lipinski definition) is 2. The van der Waals surface area contributed by atoms with Crippen LogP contribution in [-0.2, 0) is 17.9 Å². The Morgan fingerprint density at radius 1 is 1.45 bits per heavy atom. The van der Waals surface area contributed by atoms with Crippen molar-refractivity contribution >= 4 is 0 Å². The van der Waals surface area contributed by atoms with Crippen LogP contribution in [0.3, 0.4) is 0 Å². The highest BCUT2D eigenvalue weighted by atomic mass is 16.5. The van der Waals surface area contributed by atoms with Crippen LogP contribution < -0.4 is 5.32 Å². The fraction of sp³-hybridized carbons (Fsp3) is 0.400. The average molecular weight is 276 g/mol. The van der Waals surface area contributed by atoms with Crippen molar-refractivity contribution in [2.24, 2.45) is 0 Å². The number of hydrogen-bond acceptors (Lipinski definition) is 5. The Balaban J connectivity index is 1.60. The molecule has 0 saturated heterocycles. The van der Waals surface area contributed by atoms with E-state index in [-0.39, 0.29) is 6.61 Å². The molecule has 108 valence electrons. The number of aromatic nitrogens is 1. The van der Waals surface area contributed by atoms with E-state index in [0.29, 0.717) is 19.7 Å². The van der Waals surface area contributed by atoms with Gasteiger partial charge in [0.05, 0.1) is 19.0 Å². The monoisotopic (exact) mass is 276 g/mol. The molecule has 1 atom stereocenters. The minimum atomic E-state index is -0.540. The molecule has 2 rings (SSSR count). The zero-order valence-electron chi connectivity index (χ0n) is 11.6. The van der Waals surface area contributed by atoms with Crippen LogP contribution in [0.4, 0.5) is 0 Å². The smallest absolute Gasteiger partial charge is 0.129 e. The van der Waals surface area contributed by atoms with Gasteiger partial charge in [0.25, 0.3) is 0 Å². The number of rotatable bonds is 8. The molecule has 2 N–H and O–H groups in total. The molecule has 0 amide bonds. The second-order valence-electron chi connectivity index (χ2n) is 4.68. The number of aliphatic hydroxyl groups is 1. The number of nitrogens with zero attached hydrogens (tertiary/aromatic N) is 1. The molecule has 0 aromatic carbocycles. The summed E-state index contributed by atoms with van der Waals surface area (Å²) in [7, 11) is 0. The highest BCUT2D eigenvalue weighted by molar-refractivity contribution is 5.20. The molecule has 0 bridgehead atoms. The molecule has 2 aromatic rings. The molecule has 1 unspecified atom stereocenters. The third-order valence-corrected chi connectivity index (χ3v) is 2.98. The molecular formula is C15H20N2O3. The summed E-state index contributed by atoms with van der Waals surface area (Å²) in [5.74, 6) is 0.760. The molecule has 20 heavy (non-hydrogen) atoms. The van der Waals surface area contributed by atoms with E-state index in [1.54, 1.807) is 12.5 Å². The molecule has 5 nitrogen and oxygen atoms in total. The molecule has 0 spiro atoms. The van der Waals surface area contributed by atoms with Gasteiger partial charge in [-0.25, -0.2) is 0 Å². The number of aliphatic hydroxyl groups excluding tert-OH is 1. The van der Waals surface area contributed by atoms with Crippen molar-refractivity contribution in [3.05, 3.63) is 53.7 Å². The third kappa shape index (κ3) is 4.77. The Kier molecular flexibility index (Phi) is 5.73. The predicted molar refractivity (Wildman–Crippen MR) is 75.1 cm³/mol. The van der Waals surface area contributed by atoms with Gasteiger partial charge in [-0.3, -0.25) is 4.98 Å². The van der Waals surface area contributed by atoms with Crippen LogP contribution in [0.5, 0.6) is 0 Å². The van der Waals surface area contributed by atoms with Crippen molar-refractivity contribution in [3.63, 3.8) is 0 Å².